The van der Waals surface area contributed by atoms with Gasteiger partial charge in [0.15, 0.2) is 0 Å². The molecule has 1 aliphatic rings. The lowest BCUT2D eigenvalue weighted by molar-refractivity contribution is 0.831. The predicted molar refractivity (Wildman–Crippen MR) is 44.0 cm³/mol. The van der Waals surface area contributed by atoms with Crippen molar-refractivity contribution in [2.45, 2.75) is 38.5 Å². The molecule has 0 saturated carbocycles. The molecule has 1 heterocycles. The summed E-state index contributed by atoms with van der Waals surface area (Å²) >= 11 is 1.92. The molecular weight excluding hydrogens is 130 g/mol. The molecule has 0 bridgehead atoms. The quantitative estimate of drug-likeness (QED) is 0.591. The zero-order valence-electron chi connectivity index (χ0n) is 6.05. The van der Waals surface area contributed by atoms with E-state index in [1.165, 1.54) is 24.3 Å². The third kappa shape index (κ3) is 2.01. The van der Waals surface area contributed by atoms with E-state index in [0.717, 1.165) is 0 Å². The molecule has 0 aromatic carbocycles. The van der Waals surface area contributed by atoms with Crippen molar-refractivity contribution in [3.63, 3.8) is 0 Å². The van der Waals surface area contributed by atoms with Gasteiger partial charge in [0.25, 0.3) is 0 Å². The van der Waals surface area contributed by atoms with Gasteiger partial charge in [0.05, 0.1) is 10.4 Å². The molecule has 1 atom stereocenters. The van der Waals surface area contributed by atoms with E-state index < -0.39 is 0 Å². The first kappa shape index (κ1) is 7.13. The van der Waals surface area contributed by atoms with Gasteiger partial charge in [0.1, 0.15) is 0 Å². The molecule has 0 saturated heterocycles. The minimum absolute atomic E-state index is 0.553. The molecule has 52 valence electrons. The molecule has 0 fully saturated rings. The lowest BCUT2D eigenvalue weighted by Crippen LogP contribution is -2.12. The molecule has 0 aliphatic carbocycles. The summed E-state index contributed by atoms with van der Waals surface area (Å²) in [6, 6.07) is 0. The fourth-order valence-electron chi connectivity index (χ4n) is 0.859. The molecule has 0 amide bonds. The van der Waals surface area contributed by atoms with Crippen molar-refractivity contribution >= 4 is 16.8 Å². The van der Waals surface area contributed by atoms with Gasteiger partial charge in [-0.2, -0.15) is 0 Å². The Bertz CT molecular complexity index is 120. The fraction of sp³-hybridized carbons (Fsp3) is 0.857. The number of nitrogens with zero attached hydrogens (tertiary/aromatic N) is 1. The van der Waals surface area contributed by atoms with E-state index >= 15 is 0 Å². The zero-order chi connectivity index (χ0) is 6.69. The van der Waals surface area contributed by atoms with Crippen molar-refractivity contribution in [2.24, 2.45) is 4.99 Å². The number of thioether (sulfide) groups is 1. The van der Waals surface area contributed by atoms with E-state index in [9.17, 15) is 0 Å². The van der Waals surface area contributed by atoms with Gasteiger partial charge in [0.2, 0.25) is 0 Å². The molecule has 1 nitrogen and oxygen atoms in total. The van der Waals surface area contributed by atoms with Crippen molar-refractivity contribution < 1.29 is 0 Å². The van der Waals surface area contributed by atoms with Crippen LogP contribution in [0.25, 0.3) is 0 Å². The van der Waals surface area contributed by atoms with Crippen LogP contribution in [0.2, 0.25) is 0 Å². The lowest BCUT2D eigenvalue weighted by atomic mass is 10.3. The Morgan fingerprint density at radius 2 is 2.33 bits per heavy atom. The molecule has 2 heteroatoms. The summed E-state index contributed by atoms with van der Waals surface area (Å²) in [6.07, 6.45) is 3.80. The van der Waals surface area contributed by atoms with Crippen molar-refractivity contribution in [3.8, 4) is 0 Å². The fourth-order valence-corrected chi connectivity index (χ4v) is 1.75. The van der Waals surface area contributed by atoms with Crippen molar-refractivity contribution in [2.75, 3.05) is 0 Å². The Morgan fingerprint density at radius 3 is 2.78 bits per heavy atom. The maximum Gasteiger partial charge on any atom is 0.0990 e. The third-order valence-electron chi connectivity index (χ3n) is 1.38. The first-order valence-corrected chi connectivity index (χ1v) is 4.44. The summed E-state index contributed by atoms with van der Waals surface area (Å²) in [7, 11) is 0. The molecule has 0 radical (unpaired) electrons. The molecule has 1 unspecified atom stereocenters. The van der Waals surface area contributed by atoms with Gasteiger partial charge in [-0.3, -0.25) is 4.99 Å². The van der Waals surface area contributed by atoms with Crippen LogP contribution >= 0.6 is 11.8 Å². The molecule has 0 aromatic heterocycles. The van der Waals surface area contributed by atoms with Crippen LogP contribution in [0, 0.1) is 0 Å². The van der Waals surface area contributed by atoms with Crippen LogP contribution in [-0.2, 0) is 0 Å². The Balaban J connectivity index is 2.09. The summed E-state index contributed by atoms with van der Waals surface area (Å²) in [5.41, 5.74) is 0. The second-order valence-electron chi connectivity index (χ2n) is 2.34. The van der Waals surface area contributed by atoms with Crippen LogP contribution in [0.5, 0.6) is 0 Å². The highest BCUT2D eigenvalue weighted by atomic mass is 32.2. The predicted octanol–water partition coefficient (Wildman–Crippen LogP) is 2.67. The van der Waals surface area contributed by atoms with Crippen molar-refractivity contribution in [1.82, 2.24) is 0 Å². The van der Waals surface area contributed by atoms with Crippen LogP contribution in [0.15, 0.2) is 4.99 Å². The molecule has 0 N–H and O–H groups in total. The minimum atomic E-state index is 0.553. The van der Waals surface area contributed by atoms with Gasteiger partial charge < -0.3 is 0 Å². The minimum Gasteiger partial charge on any atom is -0.269 e. The van der Waals surface area contributed by atoms with Crippen LogP contribution in [0.1, 0.15) is 33.1 Å². The highest BCUT2D eigenvalue weighted by molar-refractivity contribution is 8.15. The monoisotopic (exact) mass is 143 g/mol. The van der Waals surface area contributed by atoms with Crippen LogP contribution in [0.4, 0.5) is 0 Å². The Kier molecular flexibility index (Phi) is 2.58. The van der Waals surface area contributed by atoms with Gasteiger partial charge in [-0.05, 0) is 19.8 Å². The largest absolute Gasteiger partial charge is 0.269 e. The van der Waals surface area contributed by atoms with Crippen molar-refractivity contribution in [3.05, 3.63) is 0 Å². The summed E-state index contributed by atoms with van der Waals surface area (Å²) < 4.78 is 0. The van der Waals surface area contributed by atoms with Gasteiger partial charge in [-0.25, -0.2) is 0 Å². The normalized spacial score (nSPS) is 25.1. The highest BCUT2D eigenvalue weighted by Gasteiger charge is 2.15. The maximum absolute atomic E-state index is 4.34. The molecular formula is C7H13NS. The molecule has 0 spiro atoms. The Hall–Kier alpha value is 0.0200. The number of hydrogen-bond acceptors (Lipinski definition) is 2. The smallest absolute Gasteiger partial charge is 0.0990 e. The SMILES string of the molecule is CCCCC1=NC(C)S1. The van der Waals surface area contributed by atoms with Gasteiger partial charge in [0, 0.05) is 0 Å². The zero-order valence-corrected chi connectivity index (χ0v) is 6.87. The molecule has 1 aliphatic heterocycles. The van der Waals surface area contributed by atoms with E-state index in [1.54, 1.807) is 0 Å². The van der Waals surface area contributed by atoms with Gasteiger partial charge >= 0.3 is 0 Å². The Morgan fingerprint density at radius 1 is 1.67 bits per heavy atom. The summed E-state index contributed by atoms with van der Waals surface area (Å²) in [6.45, 7) is 4.35. The van der Waals surface area contributed by atoms with Gasteiger partial charge in [-0.15, -0.1) is 0 Å². The number of hydrogen-bond donors (Lipinski definition) is 0. The molecule has 0 aromatic rings. The topological polar surface area (TPSA) is 12.4 Å². The lowest BCUT2D eigenvalue weighted by Gasteiger charge is -2.18. The van der Waals surface area contributed by atoms with Crippen LogP contribution < -0.4 is 0 Å². The van der Waals surface area contributed by atoms with E-state index in [4.69, 9.17) is 0 Å². The average Bonchev–Trinajstić information content (AvgIpc) is 1.78. The van der Waals surface area contributed by atoms with Crippen molar-refractivity contribution in [1.29, 1.82) is 0 Å². The molecule has 9 heavy (non-hydrogen) atoms. The standard InChI is InChI=1S/C7H13NS/c1-3-4-5-7-8-6(2)9-7/h6H,3-5H2,1-2H3. The van der Waals surface area contributed by atoms with E-state index in [-0.39, 0.29) is 0 Å². The second-order valence-corrected chi connectivity index (χ2v) is 3.73. The average molecular weight is 143 g/mol. The Labute approximate surface area is 60.9 Å². The highest BCUT2D eigenvalue weighted by Crippen LogP contribution is 2.27. The molecule has 1 rings (SSSR count). The third-order valence-corrected chi connectivity index (χ3v) is 2.40. The van der Waals surface area contributed by atoms with Crippen LogP contribution in [0.3, 0.4) is 0 Å². The summed E-state index contributed by atoms with van der Waals surface area (Å²) in [4.78, 5) is 4.34. The summed E-state index contributed by atoms with van der Waals surface area (Å²) in [5, 5.41) is 1.92. The van der Waals surface area contributed by atoms with E-state index in [2.05, 4.69) is 18.8 Å². The van der Waals surface area contributed by atoms with Crippen LogP contribution in [-0.4, -0.2) is 10.4 Å². The number of rotatable bonds is 3. The van der Waals surface area contributed by atoms with E-state index in [0.29, 0.717) is 5.37 Å². The van der Waals surface area contributed by atoms with E-state index in [1.807, 2.05) is 11.8 Å². The first-order valence-electron chi connectivity index (χ1n) is 3.56. The number of aliphatic imine (C=N–C) groups is 1. The first-order chi connectivity index (χ1) is 4.33. The number of unbranched alkanes of at least 4 members (excludes halogenated alkanes) is 1. The van der Waals surface area contributed by atoms with Gasteiger partial charge in [-0.1, -0.05) is 25.1 Å². The summed E-state index contributed by atoms with van der Waals surface area (Å²) in [5.74, 6) is 0. The second kappa shape index (κ2) is 3.25. The maximum atomic E-state index is 4.34.